The van der Waals surface area contributed by atoms with Crippen molar-refractivity contribution in [1.82, 2.24) is 9.97 Å². The lowest BCUT2D eigenvalue weighted by molar-refractivity contribution is 0.598. The van der Waals surface area contributed by atoms with E-state index in [2.05, 4.69) is 53.6 Å². The molecule has 4 heteroatoms. The Kier molecular flexibility index (Phi) is 3.39. The predicted octanol–water partition coefficient (Wildman–Crippen LogP) is 6.32. The molecule has 4 rings (SSSR count). The fraction of sp³-hybridized carbons (Fsp3) is 0.211. The lowest BCUT2D eigenvalue weighted by atomic mass is 9.89. The second-order valence-corrected chi connectivity index (χ2v) is 8.48. The van der Waals surface area contributed by atoms with Crippen molar-refractivity contribution in [3.63, 3.8) is 0 Å². The Labute approximate surface area is 143 Å². The predicted molar refractivity (Wildman–Crippen MR) is 101 cm³/mol. The van der Waals surface area contributed by atoms with E-state index in [1.807, 2.05) is 47.1 Å². The third-order valence-electron chi connectivity index (χ3n) is 4.01. The van der Waals surface area contributed by atoms with E-state index in [9.17, 15) is 0 Å². The highest BCUT2D eigenvalue weighted by Crippen LogP contribution is 2.43. The molecule has 4 aromatic rings. The number of hydrogen-bond acceptors (Lipinski definition) is 3. The maximum atomic E-state index is 4.61. The Balaban J connectivity index is 1.79. The van der Waals surface area contributed by atoms with Gasteiger partial charge >= 0.3 is 0 Å². The summed E-state index contributed by atoms with van der Waals surface area (Å²) in [5, 5.41) is 4.52. The third-order valence-corrected chi connectivity index (χ3v) is 6.16. The first-order chi connectivity index (χ1) is 11.0. The van der Waals surface area contributed by atoms with Gasteiger partial charge in [-0.15, -0.1) is 22.7 Å². The number of H-pyrrole nitrogens is 1. The molecule has 0 aliphatic rings. The summed E-state index contributed by atoms with van der Waals surface area (Å²) in [4.78, 5) is 8.09. The van der Waals surface area contributed by atoms with E-state index in [1.54, 1.807) is 0 Å². The Morgan fingerprint density at radius 1 is 0.957 bits per heavy atom. The van der Waals surface area contributed by atoms with E-state index < -0.39 is 0 Å². The third kappa shape index (κ3) is 2.52. The van der Waals surface area contributed by atoms with Crippen molar-refractivity contribution in [2.75, 3.05) is 0 Å². The molecule has 0 saturated heterocycles. The standard InChI is InChI=1S/C19H18N2S2/c1-19(2,3)14-11-23-16-13(10-22-17(14)16)18-20-9-15(21-18)12-7-5-4-6-8-12/h4-11H,1-3H3,(H,20,21). The molecule has 23 heavy (non-hydrogen) atoms. The molecule has 1 aromatic carbocycles. The normalized spacial score (nSPS) is 12.1. The molecular formula is C19H18N2S2. The summed E-state index contributed by atoms with van der Waals surface area (Å²) in [6, 6.07) is 10.3. The first-order valence-corrected chi connectivity index (χ1v) is 9.40. The minimum atomic E-state index is 0.179. The molecule has 3 aromatic heterocycles. The summed E-state index contributed by atoms with van der Waals surface area (Å²) >= 11 is 3.65. The van der Waals surface area contributed by atoms with Gasteiger partial charge in [0.15, 0.2) is 0 Å². The van der Waals surface area contributed by atoms with E-state index in [0.717, 1.165) is 11.5 Å². The first kappa shape index (κ1) is 14.7. The number of nitrogens with zero attached hydrogens (tertiary/aromatic N) is 1. The van der Waals surface area contributed by atoms with Crippen LogP contribution in [-0.2, 0) is 5.41 Å². The molecule has 0 aliphatic carbocycles. The van der Waals surface area contributed by atoms with Crippen molar-refractivity contribution in [2.24, 2.45) is 0 Å². The van der Waals surface area contributed by atoms with Crippen LogP contribution in [0, 0.1) is 0 Å². The summed E-state index contributed by atoms with van der Waals surface area (Å²) in [7, 11) is 0. The van der Waals surface area contributed by atoms with Gasteiger partial charge in [0, 0.05) is 15.6 Å². The average molecular weight is 339 g/mol. The van der Waals surface area contributed by atoms with Crippen molar-refractivity contribution in [3.05, 3.63) is 52.9 Å². The summed E-state index contributed by atoms with van der Waals surface area (Å²) < 4.78 is 2.74. The Morgan fingerprint density at radius 3 is 2.43 bits per heavy atom. The van der Waals surface area contributed by atoms with E-state index in [1.165, 1.54) is 26.1 Å². The Hall–Kier alpha value is -1.91. The molecule has 116 valence electrons. The molecule has 0 amide bonds. The highest BCUT2D eigenvalue weighted by Gasteiger charge is 2.22. The number of hydrogen-bond donors (Lipinski definition) is 1. The fourth-order valence-corrected chi connectivity index (χ4v) is 5.54. The zero-order valence-corrected chi connectivity index (χ0v) is 15.0. The number of benzene rings is 1. The van der Waals surface area contributed by atoms with E-state index >= 15 is 0 Å². The first-order valence-electron chi connectivity index (χ1n) is 7.64. The van der Waals surface area contributed by atoms with Crippen LogP contribution in [0.5, 0.6) is 0 Å². The highest BCUT2D eigenvalue weighted by atomic mass is 32.1. The number of imidazole rings is 1. The number of nitrogens with one attached hydrogen (secondary N) is 1. The molecule has 3 heterocycles. The number of rotatable bonds is 2. The Bertz CT molecular complexity index is 952. The summed E-state index contributed by atoms with van der Waals surface area (Å²) in [5.41, 5.74) is 5.06. The summed E-state index contributed by atoms with van der Waals surface area (Å²) in [5.74, 6) is 0.956. The molecular weight excluding hydrogens is 320 g/mol. The number of aromatic nitrogens is 2. The second kappa shape index (κ2) is 5.32. The topological polar surface area (TPSA) is 28.7 Å². The van der Waals surface area contributed by atoms with Crippen LogP contribution in [-0.4, -0.2) is 9.97 Å². The average Bonchev–Trinajstić information content (AvgIpc) is 3.22. The molecule has 0 spiro atoms. The smallest absolute Gasteiger partial charge is 0.140 e. The van der Waals surface area contributed by atoms with Crippen LogP contribution >= 0.6 is 22.7 Å². The van der Waals surface area contributed by atoms with Gasteiger partial charge in [-0.25, -0.2) is 4.98 Å². The van der Waals surface area contributed by atoms with Crippen molar-refractivity contribution in [2.45, 2.75) is 26.2 Å². The largest absolute Gasteiger partial charge is 0.338 e. The minimum Gasteiger partial charge on any atom is -0.338 e. The van der Waals surface area contributed by atoms with Crippen molar-refractivity contribution in [1.29, 1.82) is 0 Å². The number of thiophene rings is 2. The van der Waals surface area contributed by atoms with Gasteiger partial charge in [-0.1, -0.05) is 51.1 Å². The van der Waals surface area contributed by atoms with Crippen LogP contribution in [0.3, 0.4) is 0 Å². The molecule has 1 N–H and O–H groups in total. The van der Waals surface area contributed by atoms with Crippen molar-refractivity contribution >= 4 is 32.1 Å². The van der Waals surface area contributed by atoms with Gasteiger partial charge in [-0.3, -0.25) is 0 Å². The molecule has 0 unspecified atom stereocenters. The monoisotopic (exact) mass is 338 g/mol. The molecule has 0 saturated carbocycles. The lowest BCUT2D eigenvalue weighted by Gasteiger charge is -2.16. The zero-order valence-electron chi connectivity index (χ0n) is 13.4. The molecule has 0 fully saturated rings. The molecule has 2 nitrogen and oxygen atoms in total. The minimum absolute atomic E-state index is 0.179. The van der Waals surface area contributed by atoms with Crippen LogP contribution in [0.25, 0.3) is 32.0 Å². The number of aromatic amines is 1. The second-order valence-electron chi connectivity index (χ2n) is 6.72. The van der Waals surface area contributed by atoms with E-state index in [4.69, 9.17) is 0 Å². The van der Waals surface area contributed by atoms with E-state index in [0.29, 0.717) is 0 Å². The van der Waals surface area contributed by atoms with Crippen LogP contribution in [0.15, 0.2) is 47.3 Å². The van der Waals surface area contributed by atoms with Gasteiger partial charge in [0.05, 0.1) is 16.6 Å². The summed E-state index contributed by atoms with van der Waals surface area (Å²) in [6.07, 6.45) is 1.92. The maximum absolute atomic E-state index is 4.61. The molecule has 0 bridgehead atoms. The fourth-order valence-electron chi connectivity index (χ4n) is 2.72. The lowest BCUT2D eigenvalue weighted by Crippen LogP contribution is -2.09. The molecule has 0 aliphatic heterocycles. The maximum Gasteiger partial charge on any atom is 0.140 e. The Morgan fingerprint density at radius 2 is 1.70 bits per heavy atom. The van der Waals surface area contributed by atoms with Gasteiger partial charge in [0.2, 0.25) is 0 Å². The van der Waals surface area contributed by atoms with Crippen molar-refractivity contribution < 1.29 is 0 Å². The van der Waals surface area contributed by atoms with Gasteiger partial charge in [0.1, 0.15) is 5.82 Å². The van der Waals surface area contributed by atoms with Crippen LogP contribution < -0.4 is 0 Å². The van der Waals surface area contributed by atoms with Crippen molar-refractivity contribution in [3.8, 4) is 22.6 Å². The van der Waals surface area contributed by atoms with Crippen LogP contribution in [0.1, 0.15) is 26.3 Å². The van der Waals surface area contributed by atoms with Crippen LogP contribution in [0.2, 0.25) is 0 Å². The van der Waals surface area contributed by atoms with Gasteiger partial charge in [0.25, 0.3) is 0 Å². The quantitative estimate of drug-likeness (QED) is 0.455. The molecule has 0 atom stereocenters. The van der Waals surface area contributed by atoms with Crippen LogP contribution in [0.4, 0.5) is 0 Å². The van der Waals surface area contributed by atoms with Gasteiger partial charge < -0.3 is 4.98 Å². The summed E-state index contributed by atoms with van der Waals surface area (Å²) in [6.45, 7) is 6.82. The number of fused-ring (bicyclic) bond motifs is 1. The van der Waals surface area contributed by atoms with Gasteiger partial charge in [-0.2, -0.15) is 0 Å². The van der Waals surface area contributed by atoms with E-state index in [-0.39, 0.29) is 5.41 Å². The highest BCUT2D eigenvalue weighted by molar-refractivity contribution is 7.27. The zero-order chi connectivity index (χ0) is 16.0. The molecule has 0 radical (unpaired) electrons. The SMILES string of the molecule is CC(C)(C)c1csc2c(-c3ncc(-c4ccccc4)[nH]3)csc12. The van der Waals surface area contributed by atoms with Gasteiger partial charge in [-0.05, 0) is 21.9 Å².